The lowest BCUT2D eigenvalue weighted by Gasteiger charge is -2.11. The fraction of sp³-hybridized carbons (Fsp3) is 0.278. The maximum Gasteiger partial charge on any atom is 0.275 e. The maximum atomic E-state index is 12.5. The summed E-state index contributed by atoms with van der Waals surface area (Å²) in [4.78, 5) is 12.5. The second-order valence-corrected chi connectivity index (χ2v) is 6.61. The van der Waals surface area contributed by atoms with Gasteiger partial charge in [-0.1, -0.05) is 48.9 Å². The van der Waals surface area contributed by atoms with Crippen LogP contribution in [0.3, 0.4) is 0 Å². The highest BCUT2D eigenvalue weighted by molar-refractivity contribution is 6.31. The van der Waals surface area contributed by atoms with E-state index >= 15 is 0 Å². The minimum atomic E-state index is -0.234. The molecule has 3 aromatic rings. The Hall–Kier alpha value is -2.60. The number of aromatic nitrogens is 4. The molecule has 0 atom stereocenters. The van der Waals surface area contributed by atoms with Gasteiger partial charge in [-0.05, 0) is 29.7 Å². The molecule has 25 heavy (non-hydrogen) atoms. The predicted molar refractivity (Wildman–Crippen MR) is 97.1 cm³/mol. The van der Waals surface area contributed by atoms with Crippen molar-refractivity contribution in [2.45, 2.75) is 20.4 Å². The molecule has 0 aliphatic carbocycles. The Morgan fingerprint density at radius 3 is 2.60 bits per heavy atom. The Labute approximate surface area is 151 Å². The van der Waals surface area contributed by atoms with Crippen LogP contribution in [0.4, 0.5) is 0 Å². The number of benzene rings is 1. The van der Waals surface area contributed by atoms with E-state index in [0.717, 1.165) is 5.56 Å². The fourth-order valence-electron chi connectivity index (χ4n) is 2.46. The number of amides is 1. The number of hydrogen-bond donors (Lipinski definition) is 1. The van der Waals surface area contributed by atoms with Gasteiger partial charge in [-0.3, -0.25) is 4.79 Å². The van der Waals surface area contributed by atoms with E-state index in [-0.39, 0.29) is 5.91 Å². The van der Waals surface area contributed by atoms with Crippen molar-refractivity contribution in [2.24, 2.45) is 5.92 Å². The van der Waals surface area contributed by atoms with Crippen LogP contribution >= 0.6 is 11.6 Å². The van der Waals surface area contributed by atoms with E-state index in [1.54, 1.807) is 4.68 Å². The molecule has 0 aliphatic rings. The highest BCUT2D eigenvalue weighted by atomic mass is 35.5. The molecule has 0 saturated carbocycles. The van der Waals surface area contributed by atoms with Crippen LogP contribution in [0.5, 0.6) is 0 Å². The zero-order valence-corrected chi connectivity index (χ0v) is 14.9. The Balaban J connectivity index is 1.96. The van der Waals surface area contributed by atoms with Gasteiger partial charge in [0.2, 0.25) is 0 Å². The van der Waals surface area contributed by atoms with Crippen molar-refractivity contribution in [1.29, 1.82) is 0 Å². The number of carbonyl (C=O) groups is 1. The molecule has 130 valence electrons. The topological polar surface area (TPSA) is 64.7 Å². The number of rotatable bonds is 6. The summed E-state index contributed by atoms with van der Waals surface area (Å²) in [7, 11) is 0. The van der Waals surface area contributed by atoms with Crippen LogP contribution in [0.15, 0.2) is 48.8 Å². The van der Waals surface area contributed by atoms with Crippen molar-refractivity contribution < 1.29 is 4.79 Å². The monoisotopic (exact) mass is 357 g/mol. The molecule has 3 rings (SSSR count). The van der Waals surface area contributed by atoms with E-state index in [1.165, 1.54) is 0 Å². The first kappa shape index (κ1) is 17.2. The van der Waals surface area contributed by atoms with Gasteiger partial charge in [0.1, 0.15) is 0 Å². The molecule has 0 saturated heterocycles. The quantitative estimate of drug-likeness (QED) is 0.737. The lowest BCUT2D eigenvalue weighted by Crippen LogP contribution is -2.28. The SMILES string of the molecule is CC(C)CNC(=O)c1nnn(Cc2ccccc2Cl)c1-n1cccc1. The van der Waals surface area contributed by atoms with Crippen molar-refractivity contribution in [3.05, 3.63) is 65.1 Å². The average molecular weight is 358 g/mol. The first-order valence-electron chi connectivity index (χ1n) is 8.14. The van der Waals surface area contributed by atoms with Gasteiger partial charge in [0, 0.05) is 24.0 Å². The molecule has 6 nitrogen and oxygen atoms in total. The number of carbonyl (C=O) groups excluding carboxylic acids is 1. The van der Waals surface area contributed by atoms with E-state index in [0.29, 0.717) is 35.5 Å². The average Bonchev–Trinajstić information content (AvgIpc) is 3.24. The molecule has 0 bridgehead atoms. The van der Waals surface area contributed by atoms with E-state index in [9.17, 15) is 4.79 Å². The molecule has 1 N–H and O–H groups in total. The summed E-state index contributed by atoms with van der Waals surface area (Å²) in [6, 6.07) is 11.3. The zero-order chi connectivity index (χ0) is 17.8. The molecule has 0 fully saturated rings. The molecule has 2 heterocycles. The van der Waals surface area contributed by atoms with Gasteiger partial charge < -0.3 is 9.88 Å². The van der Waals surface area contributed by atoms with E-state index in [2.05, 4.69) is 15.6 Å². The van der Waals surface area contributed by atoms with Crippen molar-refractivity contribution in [3.63, 3.8) is 0 Å². The minimum absolute atomic E-state index is 0.234. The molecule has 1 amide bonds. The molecule has 7 heteroatoms. The highest BCUT2D eigenvalue weighted by Crippen LogP contribution is 2.19. The van der Waals surface area contributed by atoms with Gasteiger partial charge in [-0.25, -0.2) is 4.68 Å². The van der Waals surface area contributed by atoms with Crippen molar-refractivity contribution >= 4 is 17.5 Å². The Morgan fingerprint density at radius 2 is 1.92 bits per heavy atom. The van der Waals surface area contributed by atoms with Crippen LogP contribution in [-0.2, 0) is 6.54 Å². The molecule has 0 unspecified atom stereocenters. The third-order valence-electron chi connectivity index (χ3n) is 3.72. The van der Waals surface area contributed by atoms with Gasteiger partial charge in [0.05, 0.1) is 6.54 Å². The standard InChI is InChI=1S/C18H20ClN5O/c1-13(2)11-20-17(25)16-18(23-9-5-6-10-23)24(22-21-16)12-14-7-3-4-8-15(14)19/h3-10,13H,11-12H2,1-2H3,(H,20,25). The van der Waals surface area contributed by atoms with E-state index in [1.807, 2.05) is 67.2 Å². The summed E-state index contributed by atoms with van der Waals surface area (Å²) in [5.41, 5.74) is 1.21. The summed E-state index contributed by atoms with van der Waals surface area (Å²) in [5.74, 6) is 0.742. The Morgan fingerprint density at radius 1 is 1.20 bits per heavy atom. The van der Waals surface area contributed by atoms with Gasteiger partial charge in [0.15, 0.2) is 11.5 Å². The Bertz CT molecular complexity index is 854. The van der Waals surface area contributed by atoms with E-state index < -0.39 is 0 Å². The van der Waals surface area contributed by atoms with Crippen molar-refractivity contribution in [2.75, 3.05) is 6.54 Å². The molecule has 0 radical (unpaired) electrons. The summed E-state index contributed by atoms with van der Waals surface area (Å²) >= 11 is 6.26. The van der Waals surface area contributed by atoms with Gasteiger partial charge >= 0.3 is 0 Å². The third kappa shape index (κ3) is 3.91. The van der Waals surface area contributed by atoms with Crippen LogP contribution < -0.4 is 5.32 Å². The van der Waals surface area contributed by atoms with Gasteiger partial charge in [-0.2, -0.15) is 0 Å². The lowest BCUT2D eigenvalue weighted by atomic mass is 10.2. The molecular formula is C18H20ClN5O. The summed E-state index contributed by atoms with van der Waals surface area (Å²) in [5, 5.41) is 11.8. The smallest absolute Gasteiger partial charge is 0.275 e. The first-order valence-corrected chi connectivity index (χ1v) is 8.52. The summed E-state index contributed by atoms with van der Waals surface area (Å²) in [6.45, 7) is 5.10. The number of hydrogen-bond acceptors (Lipinski definition) is 3. The van der Waals surface area contributed by atoms with Crippen LogP contribution in [0.1, 0.15) is 29.9 Å². The molecule has 0 spiro atoms. The van der Waals surface area contributed by atoms with E-state index in [4.69, 9.17) is 11.6 Å². The van der Waals surface area contributed by atoms with Gasteiger partial charge in [0.25, 0.3) is 5.91 Å². The maximum absolute atomic E-state index is 12.5. The van der Waals surface area contributed by atoms with Crippen LogP contribution in [-0.4, -0.2) is 32.0 Å². The largest absolute Gasteiger partial charge is 0.350 e. The zero-order valence-electron chi connectivity index (χ0n) is 14.2. The molecule has 1 aromatic carbocycles. The highest BCUT2D eigenvalue weighted by Gasteiger charge is 2.21. The fourth-order valence-corrected chi connectivity index (χ4v) is 2.66. The lowest BCUT2D eigenvalue weighted by molar-refractivity contribution is 0.0944. The van der Waals surface area contributed by atoms with Crippen molar-refractivity contribution in [1.82, 2.24) is 24.9 Å². The van der Waals surface area contributed by atoms with Gasteiger partial charge in [-0.15, -0.1) is 5.10 Å². The van der Waals surface area contributed by atoms with Crippen LogP contribution in [0.2, 0.25) is 5.02 Å². The first-order chi connectivity index (χ1) is 12.1. The van der Waals surface area contributed by atoms with Crippen LogP contribution in [0, 0.1) is 5.92 Å². The predicted octanol–water partition coefficient (Wildman–Crippen LogP) is 3.16. The number of nitrogens with zero attached hydrogens (tertiary/aromatic N) is 4. The Kier molecular flexibility index (Phi) is 5.19. The minimum Gasteiger partial charge on any atom is -0.350 e. The normalized spacial score (nSPS) is 11.0. The number of nitrogens with one attached hydrogen (secondary N) is 1. The summed E-state index contributed by atoms with van der Waals surface area (Å²) in [6.07, 6.45) is 3.72. The molecule has 0 aliphatic heterocycles. The molecule has 2 aromatic heterocycles. The third-order valence-corrected chi connectivity index (χ3v) is 4.09. The number of halogens is 1. The second-order valence-electron chi connectivity index (χ2n) is 6.20. The van der Waals surface area contributed by atoms with Crippen molar-refractivity contribution in [3.8, 4) is 5.82 Å². The molecular weight excluding hydrogens is 338 g/mol. The second kappa shape index (κ2) is 7.53. The van der Waals surface area contributed by atoms with Crippen LogP contribution in [0.25, 0.3) is 5.82 Å². The summed E-state index contributed by atoms with van der Waals surface area (Å²) < 4.78 is 3.52.